The standard InChI is InChI=1S/2C26H31N2O.3C25H29N2O/c2*1-15(2)12-19-13-23(28(7)14-18(19)6)24-17(5)8-9-20-21-10-11-22(16(3)4)27-26(21)29-25(20)24;2*1-7-19-9-11-21-20-10-8-16(4)23(24(20)28-25(21)26-19)22-13-18(12-15(2)3)17(5)14-27(22)6;1-7-18-9-11-20-19-10-8-16(2)22(23(19)28-24(20)26-18)21-14-17(12-13-27(21)6)15-25(3,4)5/h2*8-11,13-16H,12H2,1-7H3;2*8-11,13-15H,7,12H2,1-6H3;8-14H,7,15H2,1-6H3/q5*+1/i1D3,6D3,12D2,15D;6D3,12D2;2D3,5D3,12D2,15D;5D3,12D2;. The smallest absolute Gasteiger partial charge is 0.227 e. The minimum Gasteiger partial charge on any atom is -0.437 e. The van der Waals surface area contributed by atoms with Gasteiger partial charge in [0.25, 0.3) is 0 Å². The van der Waals surface area contributed by atoms with E-state index in [1.807, 2.05) is 152 Å². The summed E-state index contributed by atoms with van der Waals surface area (Å²) in [6, 6.07) is 50.7. The average molecular weight is 1920 g/mol. The van der Waals surface area contributed by atoms with E-state index in [0.29, 0.717) is 79.1 Å². The molecule has 0 aliphatic rings. The maximum Gasteiger partial charge on any atom is 0.227 e. The van der Waals surface area contributed by atoms with Crippen LogP contribution in [-0.2, 0) is 86.4 Å². The lowest BCUT2D eigenvalue weighted by Crippen LogP contribution is -2.32. The Kier molecular flexibility index (Phi) is 20.9. The van der Waals surface area contributed by atoms with E-state index in [-0.39, 0.29) is 61.8 Å². The molecule has 2 atom stereocenters. The fourth-order valence-corrected chi connectivity index (χ4v) is 18.7. The summed E-state index contributed by atoms with van der Waals surface area (Å²) >= 11 is 0. The highest BCUT2D eigenvalue weighted by Gasteiger charge is 2.31. The predicted octanol–water partition coefficient (Wildman–Crippen LogP) is 30.5. The van der Waals surface area contributed by atoms with Crippen molar-refractivity contribution in [2.75, 3.05) is 0 Å². The third-order valence-corrected chi connectivity index (χ3v) is 25.9. The van der Waals surface area contributed by atoms with Gasteiger partial charge in [0, 0.05) is 179 Å². The summed E-state index contributed by atoms with van der Waals surface area (Å²) in [6.45, 7) is 23.6. The number of furan rings is 5. The molecule has 0 radical (unpaired) electrons. The van der Waals surface area contributed by atoms with Gasteiger partial charge in [-0.2, -0.15) is 0 Å². The number of aryl methyl sites for hydroxylation is 17. The topological polar surface area (TPSA) is 150 Å². The first-order valence-corrected chi connectivity index (χ1v) is 48.9. The summed E-state index contributed by atoms with van der Waals surface area (Å²) < 4.78 is 270. The molecular weight excluding hydrogens is 1750 g/mol. The van der Waals surface area contributed by atoms with Gasteiger partial charge in [-0.05, 0) is 270 Å². The number of nitrogens with zero attached hydrogens (tertiary/aromatic N) is 10. The highest BCUT2D eigenvalue weighted by atomic mass is 16.4. The third-order valence-electron chi connectivity index (χ3n) is 25.9. The Hall–Kier alpha value is -13.4. The van der Waals surface area contributed by atoms with Gasteiger partial charge in [-0.25, -0.2) is 47.8 Å². The van der Waals surface area contributed by atoms with Gasteiger partial charge in [0.1, 0.15) is 35.2 Å². The van der Waals surface area contributed by atoms with Crippen molar-refractivity contribution in [3.8, 4) is 56.3 Å². The van der Waals surface area contributed by atoms with Crippen LogP contribution in [0.1, 0.15) is 281 Å². The van der Waals surface area contributed by atoms with Crippen molar-refractivity contribution in [2.45, 2.75) is 250 Å². The molecule has 15 nitrogen and oxygen atoms in total. The summed E-state index contributed by atoms with van der Waals surface area (Å²) in [5.41, 5.74) is 23.4. The van der Waals surface area contributed by atoms with Gasteiger partial charge < -0.3 is 22.1 Å². The summed E-state index contributed by atoms with van der Waals surface area (Å²) in [5.74, 6) is -5.60. The van der Waals surface area contributed by atoms with E-state index in [2.05, 4.69) is 118 Å². The lowest BCUT2D eigenvalue weighted by atomic mass is 9.88. The van der Waals surface area contributed by atoms with E-state index in [0.717, 1.165) is 172 Å². The molecule has 142 heavy (non-hydrogen) atoms. The number of benzene rings is 5. The van der Waals surface area contributed by atoms with Gasteiger partial charge in [-0.15, -0.1) is 0 Å². The van der Waals surface area contributed by atoms with Crippen molar-refractivity contribution in [2.24, 2.45) is 64.3 Å². The molecule has 0 saturated heterocycles. The maximum absolute atomic E-state index is 8.77. The van der Waals surface area contributed by atoms with Crippen LogP contribution in [0.3, 0.4) is 0 Å². The van der Waals surface area contributed by atoms with Crippen molar-refractivity contribution in [1.82, 2.24) is 24.9 Å². The fraction of sp³-hybridized carbons (Fsp3) is 0.370. The van der Waals surface area contributed by atoms with E-state index in [1.54, 1.807) is 86.3 Å². The zero-order valence-corrected chi connectivity index (χ0v) is 86.5. The highest BCUT2D eigenvalue weighted by Crippen LogP contribution is 2.45. The Labute approximate surface area is 879 Å². The van der Waals surface area contributed by atoms with Gasteiger partial charge >= 0.3 is 0 Å². The Bertz CT molecular complexity index is 9520. The lowest BCUT2D eigenvalue weighted by Gasteiger charge is -2.18. The van der Waals surface area contributed by atoms with Crippen LogP contribution in [0.15, 0.2) is 211 Å². The van der Waals surface area contributed by atoms with Crippen LogP contribution in [0.25, 0.3) is 167 Å². The Morgan fingerprint density at radius 2 is 0.563 bits per heavy atom. The number of pyridine rings is 10. The van der Waals surface area contributed by atoms with Crippen molar-refractivity contribution in [3.05, 3.63) is 295 Å². The molecule has 0 saturated carbocycles. The van der Waals surface area contributed by atoms with Crippen LogP contribution in [0, 0.1) is 91.1 Å². The number of hydrogen-bond donors (Lipinski definition) is 0. The molecule has 0 aliphatic carbocycles. The van der Waals surface area contributed by atoms with Crippen LogP contribution in [0.5, 0.6) is 0 Å². The molecule has 15 heterocycles. The largest absolute Gasteiger partial charge is 0.437 e. The second-order valence-corrected chi connectivity index (χ2v) is 39.9. The molecule has 0 N–H and O–H groups in total. The monoisotopic (exact) mass is 1920 g/mol. The number of aromatic nitrogens is 10. The van der Waals surface area contributed by atoms with Crippen LogP contribution in [-0.4, -0.2) is 24.9 Å². The Balaban J connectivity index is 0.000000148. The van der Waals surface area contributed by atoms with E-state index < -0.39 is 90.2 Å². The van der Waals surface area contributed by atoms with Crippen LogP contribution < -0.4 is 22.8 Å². The second kappa shape index (κ2) is 41.6. The van der Waals surface area contributed by atoms with Crippen molar-refractivity contribution < 1.29 is 83.3 Å². The molecule has 20 rings (SSSR count). The molecule has 0 fully saturated rings. The molecule has 20 aromatic rings. The minimum atomic E-state index is -3.02. The highest BCUT2D eigenvalue weighted by molar-refractivity contribution is 6.13. The molecule has 0 aliphatic heterocycles. The molecule has 0 amide bonds. The van der Waals surface area contributed by atoms with E-state index in [1.165, 1.54) is 53.7 Å². The van der Waals surface area contributed by atoms with Crippen LogP contribution in [0.2, 0.25) is 0 Å². The normalized spacial score (nSPS) is 16.7. The molecular formula is C127H149N10O5+5. The van der Waals surface area contributed by atoms with Crippen molar-refractivity contribution in [1.29, 1.82) is 0 Å². The molecule has 15 heteroatoms. The number of fused-ring (bicyclic) bond motifs is 15. The van der Waals surface area contributed by atoms with Gasteiger partial charge in [0.15, 0.2) is 58.9 Å². The van der Waals surface area contributed by atoms with E-state index >= 15 is 0 Å². The lowest BCUT2D eigenvalue weighted by molar-refractivity contribution is -0.660. The van der Waals surface area contributed by atoms with Crippen molar-refractivity contribution in [3.63, 3.8) is 0 Å². The Morgan fingerprint density at radius 3 is 0.810 bits per heavy atom. The Morgan fingerprint density at radius 1 is 0.310 bits per heavy atom. The zero-order valence-electron chi connectivity index (χ0n) is 115. The first-order valence-electron chi connectivity index (χ1n) is 62.9. The molecule has 15 aromatic heterocycles. The van der Waals surface area contributed by atoms with Crippen LogP contribution in [0.4, 0.5) is 0 Å². The quantitative estimate of drug-likeness (QED) is 0.0716. The summed E-state index contributed by atoms with van der Waals surface area (Å²) in [4.78, 5) is 23.3. The summed E-state index contributed by atoms with van der Waals surface area (Å²) in [5, 5.41) is 9.11. The van der Waals surface area contributed by atoms with E-state index in [9.17, 15) is 0 Å². The average Bonchev–Trinajstić information content (AvgIpc) is 0.900. The SMILES string of the molecule is CCc1ccc2c(n1)oc1c(-c3cc(CC(C)(C)C)cc[n+]3C)c(C)ccc12.[2H]C([2H])([2H])c1c[n+](C)c(-c2c(C)ccc3c2oc2nc(C(C)C)ccc23)cc1C([2H])([2H])C(C)C.[2H]C([2H])([2H])c1c[n+](C)c(-c2c(C)ccc3c2oc2nc(C(C)C)ccc23)cc1C([2H])([2H])C([2H])(C)C([2H])([2H])[2H].[2H]C([2H])([2H])c1c[n+](C)c(-c2c(C)ccc3c2oc2nc(CC)ccc23)cc1C([2H])([2H])C(C)C.[2H]C([2H])([2H])c1c[n+](C)c(-c2c(C)ccc3c2oc2nc(CC)ccc23)cc1C([2H])([2H])C([2H])(C)C([2H])([2H])[2H]. The first-order chi connectivity index (χ1) is 78.5. The van der Waals surface area contributed by atoms with Gasteiger partial charge in [0.05, 0.1) is 27.8 Å². The summed E-state index contributed by atoms with van der Waals surface area (Å²) in [6.07, 6.45) is 1.98. The maximum atomic E-state index is 8.77. The predicted molar refractivity (Wildman–Crippen MR) is 587 cm³/mol. The summed E-state index contributed by atoms with van der Waals surface area (Å²) in [7, 11) is 8.96. The van der Waals surface area contributed by atoms with Crippen LogP contribution >= 0.6 is 0 Å². The number of rotatable bonds is 19. The molecule has 0 spiro atoms. The zero-order chi connectivity index (χ0) is 126. The minimum absolute atomic E-state index is 0.0233. The van der Waals surface area contributed by atoms with Gasteiger partial charge in [0.2, 0.25) is 57.0 Å². The molecule has 2 unspecified atom stereocenters. The number of hydrogen-bond acceptors (Lipinski definition) is 10. The molecule has 5 aromatic carbocycles. The third kappa shape index (κ3) is 21.0. The van der Waals surface area contributed by atoms with Gasteiger partial charge in [-0.3, -0.25) is 0 Å². The van der Waals surface area contributed by atoms with E-state index in [4.69, 9.17) is 70.4 Å². The first kappa shape index (κ1) is 71.1. The van der Waals surface area contributed by atoms with Gasteiger partial charge in [-0.1, -0.05) is 185 Å². The fourth-order valence-electron chi connectivity index (χ4n) is 18.7. The van der Waals surface area contributed by atoms with Crippen molar-refractivity contribution >= 4 is 110 Å². The second-order valence-electron chi connectivity index (χ2n) is 39.9. The molecule has 0 bridgehead atoms. The molecule has 732 valence electrons.